The number of hydrogen-bond acceptors (Lipinski definition) is 2. The number of carbonyl (C=O) groups is 2. The molecule has 76 valence electrons. The molecule has 4 heteroatoms. The zero-order chi connectivity index (χ0) is 9.78. The molecule has 0 aliphatic carbocycles. The van der Waals surface area contributed by atoms with Gasteiger partial charge in [0.15, 0.2) is 17.4 Å². The second-order valence-corrected chi connectivity index (χ2v) is 2.98. The molecule has 0 saturated carbocycles. The Balaban J connectivity index is 0. The van der Waals surface area contributed by atoms with Gasteiger partial charge < -0.3 is 5.11 Å². The lowest BCUT2D eigenvalue weighted by molar-refractivity contribution is -0.154. The molecule has 0 aliphatic rings. The van der Waals surface area contributed by atoms with Crippen molar-refractivity contribution in [1.29, 1.82) is 0 Å². The van der Waals surface area contributed by atoms with Gasteiger partial charge in [0.2, 0.25) is 5.78 Å². The van der Waals surface area contributed by atoms with Gasteiger partial charge in [0.1, 0.15) is 0 Å². The quantitative estimate of drug-likeness (QED) is 0.526. The third kappa shape index (κ3) is 3.13. The van der Waals surface area contributed by atoms with Crippen LogP contribution in [-0.4, -0.2) is 34.2 Å². The van der Waals surface area contributed by atoms with Gasteiger partial charge in [0.05, 0.1) is 0 Å². The first-order valence-electron chi connectivity index (χ1n) is 4.31. The van der Waals surface area contributed by atoms with Crippen molar-refractivity contribution in [3.05, 3.63) is 0 Å². The monoisotopic (exact) mass is 202 g/mol. The molecule has 0 unspecified atom stereocenters. The number of carbonyl (C=O) groups excluding carboxylic acids is 1. The predicted octanol–water partition coefficient (Wildman–Crippen LogP) is 0.673. The minimum Gasteiger partial charge on any atom is -0.475 e. The van der Waals surface area contributed by atoms with E-state index in [0.29, 0.717) is 19.3 Å². The molecular weight excluding hydrogens is 183 g/mol. The van der Waals surface area contributed by atoms with E-state index in [1.165, 1.54) is 0 Å². The predicted molar refractivity (Wildman–Crippen MR) is 55.9 cm³/mol. The third-order valence-corrected chi connectivity index (χ3v) is 2.71. The highest BCUT2D eigenvalue weighted by Crippen LogP contribution is 2.31. The van der Waals surface area contributed by atoms with E-state index in [1.54, 1.807) is 0 Å². The zero-order valence-electron chi connectivity index (χ0n) is 7.89. The minimum absolute atomic E-state index is 0. The second kappa shape index (κ2) is 6.18. The number of carboxylic acids is 1. The molecule has 1 N–H and O–H groups in total. The summed E-state index contributed by atoms with van der Waals surface area (Å²) in [7, 11) is 0. The second-order valence-electron chi connectivity index (χ2n) is 2.98. The Labute approximate surface area is 89.6 Å². The standard InChI is InChI=1S/C9H16O3.Al.3H/c1-4-9(5-2,6-3)7(10)8(11)12;;;;/h4-6H2,1-3H3,(H,11,12);;;;. The maximum atomic E-state index is 11.3. The number of rotatable bonds is 5. The summed E-state index contributed by atoms with van der Waals surface area (Å²) < 4.78 is 0. The molecule has 0 aromatic heterocycles. The molecule has 0 bridgehead atoms. The molecule has 0 radical (unpaired) electrons. The van der Waals surface area contributed by atoms with Crippen LogP contribution in [0.1, 0.15) is 40.0 Å². The van der Waals surface area contributed by atoms with Crippen molar-refractivity contribution in [2.24, 2.45) is 5.41 Å². The molecule has 0 amide bonds. The average Bonchev–Trinajstić information content (AvgIpc) is 2.08. The van der Waals surface area contributed by atoms with E-state index >= 15 is 0 Å². The molecule has 0 saturated heterocycles. The van der Waals surface area contributed by atoms with Crippen LogP contribution in [0.3, 0.4) is 0 Å². The lowest BCUT2D eigenvalue weighted by Crippen LogP contribution is -2.34. The Kier molecular flexibility index (Phi) is 7.20. The lowest BCUT2D eigenvalue weighted by Gasteiger charge is -2.25. The van der Waals surface area contributed by atoms with Crippen LogP contribution in [0, 0.1) is 5.41 Å². The molecular formula is C9H19AlO3. The molecule has 13 heavy (non-hydrogen) atoms. The number of aliphatic carboxylic acids is 1. The fourth-order valence-electron chi connectivity index (χ4n) is 1.46. The molecule has 0 fully saturated rings. The summed E-state index contributed by atoms with van der Waals surface area (Å²) in [6.07, 6.45) is 1.81. The van der Waals surface area contributed by atoms with E-state index in [2.05, 4.69) is 0 Å². The summed E-state index contributed by atoms with van der Waals surface area (Å²) >= 11 is 0. The molecule has 0 aromatic carbocycles. The SMILES string of the molecule is CCC(CC)(CC)C(=O)C(=O)O.[AlH3]. The number of carboxylic acid groups (broad SMARTS) is 1. The van der Waals surface area contributed by atoms with Crippen LogP contribution in [0.25, 0.3) is 0 Å². The van der Waals surface area contributed by atoms with Gasteiger partial charge in [0, 0.05) is 5.41 Å². The Morgan fingerprint density at radius 1 is 1.08 bits per heavy atom. The average molecular weight is 202 g/mol. The maximum Gasteiger partial charge on any atom is 0.372 e. The normalized spacial score (nSPS) is 10.4. The van der Waals surface area contributed by atoms with Crippen LogP contribution in [-0.2, 0) is 9.59 Å². The van der Waals surface area contributed by atoms with E-state index in [-0.39, 0.29) is 17.4 Å². The summed E-state index contributed by atoms with van der Waals surface area (Å²) in [4.78, 5) is 21.7. The summed E-state index contributed by atoms with van der Waals surface area (Å²) in [5.74, 6) is -1.95. The third-order valence-electron chi connectivity index (χ3n) is 2.71. The van der Waals surface area contributed by atoms with Crippen molar-refractivity contribution < 1.29 is 14.7 Å². The minimum atomic E-state index is -1.31. The molecule has 0 spiro atoms. The van der Waals surface area contributed by atoms with Gasteiger partial charge in [-0.15, -0.1) is 0 Å². The first kappa shape index (κ1) is 15.2. The van der Waals surface area contributed by atoms with Crippen molar-refractivity contribution in [3.63, 3.8) is 0 Å². The van der Waals surface area contributed by atoms with Gasteiger partial charge in [0.25, 0.3) is 0 Å². The van der Waals surface area contributed by atoms with Gasteiger partial charge in [-0.3, -0.25) is 4.79 Å². The molecule has 0 heterocycles. The van der Waals surface area contributed by atoms with Crippen molar-refractivity contribution in [3.8, 4) is 0 Å². The fourth-order valence-corrected chi connectivity index (χ4v) is 1.46. The Morgan fingerprint density at radius 3 is 1.46 bits per heavy atom. The zero-order valence-corrected chi connectivity index (χ0v) is 7.89. The summed E-state index contributed by atoms with van der Waals surface area (Å²) in [6, 6.07) is 0. The largest absolute Gasteiger partial charge is 0.475 e. The fraction of sp³-hybridized carbons (Fsp3) is 0.778. The number of hydrogen-bond donors (Lipinski definition) is 1. The molecule has 0 aliphatic heterocycles. The number of ketones is 1. The summed E-state index contributed by atoms with van der Waals surface area (Å²) in [5.41, 5.74) is -0.633. The lowest BCUT2D eigenvalue weighted by atomic mass is 9.76. The summed E-state index contributed by atoms with van der Waals surface area (Å²) in [6.45, 7) is 5.56. The first-order valence-corrected chi connectivity index (χ1v) is 4.31. The highest BCUT2D eigenvalue weighted by Gasteiger charge is 2.36. The molecule has 3 nitrogen and oxygen atoms in total. The topological polar surface area (TPSA) is 54.4 Å². The highest BCUT2D eigenvalue weighted by atomic mass is 27.0. The number of Topliss-reactive ketones (excluding diaryl/α,β-unsaturated/α-hetero) is 1. The van der Waals surface area contributed by atoms with Gasteiger partial charge in [-0.2, -0.15) is 0 Å². The van der Waals surface area contributed by atoms with E-state index in [4.69, 9.17) is 5.11 Å². The van der Waals surface area contributed by atoms with Gasteiger partial charge in [-0.05, 0) is 19.3 Å². The van der Waals surface area contributed by atoms with Crippen LogP contribution < -0.4 is 0 Å². The van der Waals surface area contributed by atoms with Crippen LogP contribution in [0.15, 0.2) is 0 Å². The Hall–Kier alpha value is -0.328. The molecule has 0 atom stereocenters. The van der Waals surface area contributed by atoms with E-state index in [0.717, 1.165) is 0 Å². The van der Waals surface area contributed by atoms with Gasteiger partial charge in [-0.1, -0.05) is 20.8 Å². The first-order chi connectivity index (χ1) is 5.54. The molecule has 0 aromatic rings. The van der Waals surface area contributed by atoms with Crippen LogP contribution >= 0.6 is 0 Å². The van der Waals surface area contributed by atoms with Crippen molar-refractivity contribution in [1.82, 2.24) is 0 Å². The summed E-state index contributed by atoms with van der Waals surface area (Å²) in [5, 5.41) is 8.56. The van der Waals surface area contributed by atoms with E-state index in [9.17, 15) is 9.59 Å². The van der Waals surface area contributed by atoms with Crippen molar-refractivity contribution in [2.75, 3.05) is 0 Å². The highest BCUT2D eigenvalue weighted by molar-refractivity contribution is 6.34. The Bertz CT molecular complexity index is 177. The van der Waals surface area contributed by atoms with Crippen molar-refractivity contribution >= 4 is 29.1 Å². The van der Waals surface area contributed by atoms with E-state index in [1.807, 2.05) is 20.8 Å². The van der Waals surface area contributed by atoms with Crippen LogP contribution in [0.2, 0.25) is 0 Å². The van der Waals surface area contributed by atoms with Crippen LogP contribution in [0.5, 0.6) is 0 Å². The smallest absolute Gasteiger partial charge is 0.372 e. The van der Waals surface area contributed by atoms with Gasteiger partial charge >= 0.3 is 5.97 Å². The van der Waals surface area contributed by atoms with Crippen molar-refractivity contribution in [2.45, 2.75) is 40.0 Å². The van der Waals surface area contributed by atoms with Crippen LogP contribution in [0.4, 0.5) is 0 Å². The maximum absolute atomic E-state index is 11.3. The molecule has 0 rings (SSSR count). The van der Waals surface area contributed by atoms with Gasteiger partial charge in [-0.25, -0.2) is 4.79 Å². The Morgan fingerprint density at radius 2 is 1.38 bits per heavy atom. The van der Waals surface area contributed by atoms with E-state index < -0.39 is 17.2 Å².